The maximum atomic E-state index is 12.7. The van der Waals surface area contributed by atoms with Gasteiger partial charge in [0.2, 0.25) is 0 Å². The van der Waals surface area contributed by atoms with Gasteiger partial charge in [-0.25, -0.2) is 9.67 Å². The van der Waals surface area contributed by atoms with Crippen molar-refractivity contribution in [2.75, 3.05) is 20.1 Å². The van der Waals surface area contributed by atoms with Crippen molar-refractivity contribution < 1.29 is 4.79 Å². The smallest absolute Gasteiger partial charge is 0.257 e. The first-order valence-electron chi connectivity index (χ1n) is 6.70. The number of carbonyl (C=O) groups excluding carboxylic acids is 1. The predicted molar refractivity (Wildman–Crippen MR) is 89.2 cm³/mol. The molecule has 1 fully saturated rings. The number of halogens is 2. The Bertz CT molecular complexity index is 599. The molecule has 3 rings (SSSR count). The van der Waals surface area contributed by atoms with E-state index in [0.717, 1.165) is 19.5 Å². The van der Waals surface area contributed by atoms with Crippen LogP contribution in [-0.2, 0) is 0 Å². The lowest BCUT2D eigenvalue weighted by Gasteiger charge is -2.24. The van der Waals surface area contributed by atoms with E-state index in [0.29, 0.717) is 11.4 Å². The molecule has 1 saturated heterocycles. The van der Waals surface area contributed by atoms with Crippen molar-refractivity contribution in [3.63, 3.8) is 0 Å². The summed E-state index contributed by atoms with van der Waals surface area (Å²) in [5.74, 6) is 0.553. The number of hydrogen-bond acceptors (Lipinski definition) is 4. The molecule has 1 aliphatic heterocycles. The van der Waals surface area contributed by atoms with E-state index in [1.165, 1.54) is 0 Å². The Labute approximate surface area is 141 Å². The lowest BCUT2D eigenvalue weighted by Crippen LogP contribution is -2.38. The molecule has 1 unspecified atom stereocenters. The molecule has 0 radical (unpaired) electrons. The molecule has 1 amide bonds. The third-order valence-electron chi connectivity index (χ3n) is 3.64. The minimum absolute atomic E-state index is 0. The summed E-state index contributed by atoms with van der Waals surface area (Å²) in [7, 11) is 1.85. The molecule has 1 aliphatic rings. The largest absolute Gasteiger partial charge is 0.337 e. The Balaban J connectivity index is 0.00000121. The van der Waals surface area contributed by atoms with Gasteiger partial charge in [-0.15, -0.1) is 24.8 Å². The van der Waals surface area contributed by atoms with Gasteiger partial charge in [-0.2, -0.15) is 5.10 Å². The van der Waals surface area contributed by atoms with E-state index in [4.69, 9.17) is 0 Å². The molecule has 1 N–H and O–H groups in total. The zero-order valence-electron chi connectivity index (χ0n) is 12.2. The molecule has 120 valence electrons. The van der Waals surface area contributed by atoms with E-state index in [1.54, 1.807) is 40.3 Å². The van der Waals surface area contributed by atoms with Crippen LogP contribution in [0.5, 0.6) is 0 Å². The summed E-state index contributed by atoms with van der Waals surface area (Å²) in [5, 5.41) is 7.43. The second kappa shape index (κ2) is 8.12. The van der Waals surface area contributed by atoms with Gasteiger partial charge in [0.05, 0.1) is 5.56 Å². The summed E-state index contributed by atoms with van der Waals surface area (Å²) in [6.45, 7) is 1.81. The van der Waals surface area contributed by atoms with Crippen LogP contribution in [0.15, 0.2) is 36.8 Å². The summed E-state index contributed by atoms with van der Waals surface area (Å²) in [5.41, 5.74) is 0.575. The van der Waals surface area contributed by atoms with E-state index in [-0.39, 0.29) is 36.8 Å². The zero-order valence-corrected chi connectivity index (χ0v) is 13.8. The van der Waals surface area contributed by atoms with Crippen molar-refractivity contribution in [3.05, 3.63) is 42.4 Å². The van der Waals surface area contributed by atoms with Gasteiger partial charge in [0.25, 0.3) is 5.91 Å². The fourth-order valence-electron chi connectivity index (χ4n) is 2.47. The Morgan fingerprint density at radius 3 is 2.82 bits per heavy atom. The Morgan fingerprint density at radius 2 is 2.18 bits per heavy atom. The number of likely N-dealkylation sites (N-methyl/N-ethyl adjacent to an activating group) is 1. The van der Waals surface area contributed by atoms with Crippen molar-refractivity contribution >= 4 is 30.7 Å². The Morgan fingerprint density at radius 1 is 1.36 bits per heavy atom. The van der Waals surface area contributed by atoms with Crippen molar-refractivity contribution in [2.24, 2.45) is 0 Å². The van der Waals surface area contributed by atoms with E-state index in [9.17, 15) is 4.79 Å². The Kier molecular flexibility index (Phi) is 6.80. The molecule has 8 heteroatoms. The quantitative estimate of drug-likeness (QED) is 0.918. The van der Waals surface area contributed by atoms with Gasteiger partial charge in [0.1, 0.15) is 0 Å². The highest BCUT2D eigenvalue weighted by Gasteiger charge is 2.26. The molecule has 2 aromatic rings. The van der Waals surface area contributed by atoms with Crippen LogP contribution in [-0.4, -0.2) is 51.8 Å². The van der Waals surface area contributed by atoms with Gasteiger partial charge in [0.15, 0.2) is 5.82 Å². The SMILES string of the molecule is CN(C(=O)c1cccnc1-n1cccn1)C1CCNC1.Cl.Cl. The monoisotopic (exact) mass is 343 g/mol. The van der Waals surface area contributed by atoms with Gasteiger partial charge in [-0.3, -0.25) is 4.79 Å². The van der Waals surface area contributed by atoms with Gasteiger partial charge in [0, 0.05) is 38.2 Å². The van der Waals surface area contributed by atoms with Crippen LogP contribution in [0.2, 0.25) is 0 Å². The van der Waals surface area contributed by atoms with Crippen molar-refractivity contribution in [1.82, 2.24) is 25.0 Å². The Hall–Kier alpha value is -1.63. The molecule has 0 saturated carbocycles. The number of amides is 1. The molecule has 1 atom stereocenters. The number of nitrogens with zero attached hydrogens (tertiary/aromatic N) is 4. The molecule has 22 heavy (non-hydrogen) atoms. The fourth-order valence-corrected chi connectivity index (χ4v) is 2.47. The third-order valence-corrected chi connectivity index (χ3v) is 3.64. The second-order valence-electron chi connectivity index (χ2n) is 4.89. The highest BCUT2D eigenvalue weighted by atomic mass is 35.5. The van der Waals surface area contributed by atoms with Crippen LogP contribution in [0.25, 0.3) is 5.82 Å². The van der Waals surface area contributed by atoms with Crippen LogP contribution in [0.1, 0.15) is 16.8 Å². The number of aromatic nitrogens is 3. The fraction of sp³-hybridized carbons (Fsp3) is 0.357. The molecular formula is C14H19Cl2N5O. The lowest BCUT2D eigenvalue weighted by atomic mass is 10.1. The standard InChI is InChI=1S/C14H17N5O.2ClH/c1-18(11-5-8-15-10-11)14(20)12-4-2-6-16-13(12)19-9-3-7-17-19;;/h2-4,6-7,9,11,15H,5,8,10H2,1H3;2*1H. The van der Waals surface area contributed by atoms with Crippen LogP contribution in [0.3, 0.4) is 0 Å². The average molecular weight is 344 g/mol. The predicted octanol–water partition coefficient (Wildman–Crippen LogP) is 1.54. The normalized spacial score (nSPS) is 16.5. The van der Waals surface area contributed by atoms with Gasteiger partial charge in [-0.1, -0.05) is 0 Å². The molecule has 6 nitrogen and oxygen atoms in total. The molecule has 2 aromatic heterocycles. The summed E-state index contributed by atoms with van der Waals surface area (Å²) in [4.78, 5) is 18.7. The van der Waals surface area contributed by atoms with Crippen LogP contribution < -0.4 is 5.32 Å². The van der Waals surface area contributed by atoms with Crippen LogP contribution in [0.4, 0.5) is 0 Å². The van der Waals surface area contributed by atoms with Crippen molar-refractivity contribution in [1.29, 1.82) is 0 Å². The minimum Gasteiger partial charge on any atom is -0.337 e. The second-order valence-corrected chi connectivity index (χ2v) is 4.89. The van der Waals surface area contributed by atoms with E-state index >= 15 is 0 Å². The maximum absolute atomic E-state index is 12.7. The first kappa shape index (κ1) is 18.4. The molecule has 0 aromatic carbocycles. The van der Waals surface area contributed by atoms with E-state index in [1.807, 2.05) is 13.1 Å². The summed E-state index contributed by atoms with van der Waals surface area (Å²) in [6.07, 6.45) is 6.12. The summed E-state index contributed by atoms with van der Waals surface area (Å²) < 4.78 is 1.62. The number of carbonyl (C=O) groups is 1. The molecule has 0 aliphatic carbocycles. The van der Waals surface area contributed by atoms with E-state index < -0.39 is 0 Å². The van der Waals surface area contributed by atoms with Crippen LogP contribution >= 0.6 is 24.8 Å². The van der Waals surface area contributed by atoms with Crippen molar-refractivity contribution in [3.8, 4) is 5.82 Å². The van der Waals surface area contributed by atoms with Gasteiger partial charge in [-0.05, 0) is 31.2 Å². The van der Waals surface area contributed by atoms with E-state index in [2.05, 4.69) is 15.4 Å². The summed E-state index contributed by atoms with van der Waals surface area (Å²) in [6, 6.07) is 5.63. The average Bonchev–Trinajstić information content (AvgIpc) is 3.18. The zero-order chi connectivity index (χ0) is 13.9. The molecular weight excluding hydrogens is 325 g/mol. The number of rotatable bonds is 3. The lowest BCUT2D eigenvalue weighted by molar-refractivity contribution is 0.0743. The number of nitrogens with one attached hydrogen (secondary N) is 1. The first-order chi connectivity index (χ1) is 9.77. The number of hydrogen-bond donors (Lipinski definition) is 1. The molecule has 0 spiro atoms. The third kappa shape index (κ3) is 3.58. The topological polar surface area (TPSA) is 63.1 Å². The minimum atomic E-state index is -0.0164. The highest BCUT2D eigenvalue weighted by molar-refractivity contribution is 5.97. The molecule has 0 bridgehead atoms. The summed E-state index contributed by atoms with van der Waals surface area (Å²) >= 11 is 0. The van der Waals surface area contributed by atoms with Gasteiger partial charge >= 0.3 is 0 Å². The van der Waals surface area contributed by atoms with Crippen LogP contribution in [0, 0.1) is 0 Å². The first-order valence-corrected chi connectivity index (χ1v) is 6.70. The molecule has 3 heterocycles. The highest BCUT2D eigenvalue weighted by Crippen LogP contribution is 2.16. The number of pyridine rings is 1. The maximum Gasteiger partial charge on any atom is 0.257 e. The van der Waals surface area contributed by atoms with Crippen molar-refractivity contribution in [2.45, 2.75) is 12.5 Å². The van der Waals surface area contributed by atoms with Gasteiger partial charge < -0.3 is 10.2 Å².